The summed E-state index contributed by atoms with van der Waals surface area (Å²) in [6, 6.07) is 5.84. The second kappa shape index (κ2) is 8.29. The van der Waals surface area contributed by atoms with Gasteiger partial charge in [-0.1, -0.05) is 26.0 Å². The molecule has 0 spiro atoms. The van der Waals surface area contributed by atoms with Crippen molar-refractivity contribution >= 4 is 17.5 Å². The van der Waals surface area contributed by atoms with Crippen molar-refractivity contribution in [2.24, 2.45) is 11.8 Å². The van der Waals surface area contributed by atoms with Gasteiger partial charge in [0.1, 0.15) is 0 Å². The first-order valence-electron chi connectivity index (χ1n) is 8.73. The Morgan fingerprint density at radius 1 is 1.33 bits per heavy atom. The van der Waals surface area contributed by atoms with E-state index in [-0.39, 0.29) is 12.5 Å². The highest BCUT2D eigenvalue weighted by Crippen LogP contribution is 2.30. The van der Waals surface area contributed by atoms with Crippen molar-refractivity contribution in [1.29, 1.82) is 0 Å². The third-order valence-electron chi connectivity index (χ3n) is 4.59. The third kappa shape index (κ3) is 4.35. The number of fused-ring (bicyclic) bond motifs is 1. The van der Waals surface area contributed by atoms with Crippen LogP contribution in [0.15, 0.2) is 18.2 Å². The van der Waals surface area contributed by atoms with Crippen LogP contribution in [0.3, 0.4) is 0 Å². The summed E-state index contributed by atoms with van der Waals surface area (Å²) >= 11 is 0. The van der Waals surface area contributed by atoms with Gasteiger partial charge in [-0.3, -0.25) is 9.59 Å². The number of aliphatic hydroxyl groups excluding tert-OH is 1. The van der Waals surface area contributed by atoms with E-state index in [2.05, 4.69) is 19.2 Å². The number of carbonyl (C=O) groups is 2. The molecule has 0 fully saturated rings. The van der Waals surface area contributed by atoms with Crippen LogP contribution in [0.25, 0.3) is 0 Å². The maximum absolute atomic E-state index is 12.5. The molecule has 0 bridgehead atoms. The number of amides is 2. The van der Waals surface area contributed by atoms with E-state index in [1.165, 1.54) is 0 Å². The Morgan fingerprint density at radius 2 is 2.08 bits per heavy atom. The Labute approximate surface area is 144 Å². The van der Waals surface area contributed by atoms with Gasteiger partial charge in [-0.15, -0.1) is 0 Å². The molecule has 1 unspecified atom stereocenters. The molecule has 1 atom stereocenters. The largest absolute Gasteiger partial charge is 0.396 e. The second-order valence-electron chi connectivity index (χ2n) is 7.00. The number of aliphatic hydroxyl groups is 1. The number of carbonyl (C=O) groups excluding carboxylic acids is 2. The van der Waals surface area contributed by atoms with Gasteiger partial charge in [-0.05, 0) is 55.2 Å². The molecule has 5 nitrogen and oxygen atoms in total. The van der Waals surface area contributed by atoms with Crippen molar-refractivity contribution in [1.82, 2.24) is 5.32 Å². The van der Waals surface area contributed by atoms with Gasteiger partial charge in [-0.2, -0.15) is 0 Å². The minimum atomic E-state index is -0.559. The van der Waals surface area contributed by atoms with Crippen molar-refractivity contribution in [3.05, 3.63) is 29.3 Å². The summed E-state index contributed by atoms with van der Waals surface area (Å²) in [5.74, 6) is -0.370. The fourth-order valence-corrected chi connectivity index (χ4v) is 3.41. The second-order valence-corrected chi connectivity index (χ2v) is 7.00. The number of nitrogens with zero attached hydrogens (tertiary/aromatic N) is 1. The average molecular weight is 332 g/mol. The predicted octanol–water partition coefficient (Wildman–Crippen LogP) is 2.05. The first kappa shape index (κ1) is 18.5. The number of nitrogens with one attached hydrogen (secondary N) is 1. The lowest BCUT2D eigenvalue weighted by molar-refractivity contribution is -0.137. The highest BCUT2D eigenvalue weighted by molar-refractivity contribution is 6.40. The number of hydrogen-bond acceptors (Lipinski definition) is 3. The van der Waals surface area contributed by atoms with E-state index in [1.807, 2.05) is 25.1 Å². The highest BCUT2D eigenvalue weighted by atomic mass is 16.3. The van der Waals surface area contributed by atoms with Crippen LogP contribution in [-0.2, 0) is 16.0 Å². The molecule has 2 rings (SSSR count). The van der Waals surface area contributed by atoms with Gasteiger partial charge in [0.05, 0.1) is 0 Å². The summed E-state index contributed by atoms with van der Waals surface area (Å²) in [7, 11) is 0. The lowest BCUT2D eigenvalue weighted by Gasteiger charge is -2.20. The standard InChI is InChI=1S/C19H28N2O3/c1-13(2)11-15(8-10-22)12-20-18(23)19(24)21-9-7-16-14(3)5-4-6-17(16)21/h4-6,13,15,22H,7-12H2,1-3H3,(H,20,23). The van der Waals surface area contributed by atoms with Crippen LogP contribution in [0.1, 0.15) is 37.8 Å². The van der Waals surface area contributed by atoms with E-state index >= 15 is 0 Å². The van der Waals surface area contributed by atoms with Crippen LogP contribution >= 0.6 is 0 Å². The molecule has 0 aromatic heterocycles. The summed E-state index contributed by atoms with van der Waals surface area (Å²) in [5, 5.41) is 11.9. The zero-order valence-corrected chi connectivity index (χ0v) is 14.8. The third-order valence-corrected chi connectivity index (χ3v) is 4.59. The highest BCUT2D eigenvalue weighted by Gasteiger charge is 2.30. The molecule has 1 heterocycles. The molecule has 0 saturated carbocycles. The van der Waals surface area contributed by atoms with Gasteiger partial charge in [0.2, 0.25) is 0 Å². The Balaban J connectivity index is 1.96. The quantitative estimate of drug-likeness (QED) is 0.783. The molecule has 5 heteroatoms. The lowest BCUT2D eigenvalue weighted by Crippen LogP contribution is -2.44. The van der Waals surface area contributed by atoms with Gasteiger partial charge in [0, 0.05) is 25.4 Å². The summed E-state index contributed by atoms with van der Waals surface area (Å²) < 4.78 is 0. The van der Waals surface area contributed by atoms with Gasteiger partial charge >= 0.3 is 11.8 Å². The summed E-state index contributed by atoms with van der Waals surface area (Å²) in [6.45, 7) is 7.33. The molecule has 132 valence electrons. The molecule has 24 heavy (non-hydrogen) atoms. The molecule has 1 aliphatic rings. The van der Waals surface area contributed by atoms with Crippen molar-refractivity contribution in [2.45, 2.75) is 40.0 Å². The molecule has 2 N–H and O–H groups in total. The number of benzene rings is 1. The minimum absolute atomic E-state index is 0.0972. The molecule has 1 aliphatic heterocycles. The van der Waals surface area contributed by atoms with Crippen LogP contribution in [0, 0.1) is 18.8 Å². The average Bonchev–Trinajstić information content (AvgIpc) is 2.96. The molecular weight excluding hydrogens is 304 g/mol. The Morgan fingerprint density at radius 3 is 2.75 bits per heavy atom. The van der Waals surface area contributed by atoms with E-state index in [9.17, 15) is 9.59 Å². The minimum Gasteiger partial charge on any atom is -0.396 e. The Kier molecular flexibility index (Phi) is 6.37. The predicted molar refractivity (Wildman–Crippen MR) is 94.9 cm³/mol. The van der Waals surface area contributed by atoms with Crippen LogP contribution < -0.4 is 10.2 Å². The first-order valence-corrected chi connectivity index (χ1v) is 8.73. The number of hydrogen-bond donors (Lipinski definition) is 2. The van der Waals surface area contributed by atoms with Crippen molar-refractivity contribution in [3.8, 4) is 0 Å². The molecule has 1 aromatic carbocycles. The molecule has 0 saturated heterocycles. The van der Waals surface area contributed by atoms with Crippen molar-refractivity contribution in [2.75, 3.05) is 24.6 Å². The number of rotatable bonds is 6. The lowest BCUT2D eigenvalue weighted by atomic mass is 9.94. The van der Waals surface area contributed by atoms with Crippen LogP contribution in [0.5, 0.6) is 0 Å². The summed E-state index contributed by atoms with van der Waals surface area (Å²) in [5.41, 5.74) is 3.16. The molecule has 0 aliphatic carbocycles. The summed E-state index contributed by atoms with van der Waals surface area (Å²) in [4.78, 5) is 26.3. The number of anilines is 1. The summed E-state index contributed by atoms with van der Waals surface area (Å²) in [6.07, 6.45) is 2.35. The van der Waals surface area contributed by atoms with Crippen molar-refractivity contribution < 1.29 is 14.7 Å². The van der Waals surface area contributed by atoms with E-state index in [1.54, 1.807) is 4.90 Å². The maximum Gasteiger partial charge on any atom is 0.316 e. The molecule has 1 aromatic rings. The maximum atomic E-state index is 12.5. The normalized spacial score (nSPS) is 14.6. The molecular formula is C19H28N2O3. The fraction of sp³-hybridized carbons (Fsp3) is 0.579. The van der Waals surface area contributed by atoms with Gasteiger partial charge < -0.3 is 15.3 Å². The van der Waals surface area contributed by atoms with Crippen molar-refractivity contribution in [3.63, 3.8) is 0 Å². The Hall–Kier alpha value is -1.88. The monoisotopic (exact) mass is 332 g/mol. The zero-order chi connectivity index (χ0) is 17.7. The van der Waals surface area contributed by atoms with E-state index in [0.29, 0.717) is 25.4 Å². The van der Waals surface area contributed by atoms with E-state index < -0.39 is 11.8 Å². The van der Waals surface area contributed by atoms with Gasteiger partial charge in [0.15, 0.2) is 0 Å². The first-order chi connectivity index (χ1) is 11.4. The van der Waals surface area contributed by atoms with E-state index in [4.69, 9.17) is 5.11 Å². The Bertz CT molecular complexity index is 598. The van der Waals surface area contributed by atoms with Gasteiger partial charge in [-0.25, -0.2) is 0 Å². The fourth-order valence-electron chi connectivity index (χ4n) is 3.41. The topological polar surface area (TPSA) is 69.6 Å². The number of aryl methyl sites for hydroxylation is 1. The van der Waals surface area contributed by atoms with Crippen LogP contribution in [-0.4, -0.2) is 36.6 Å². The van der Waals surface area contributed by atoms with E-state index in [0.717, 1.165) is 29.7 Å². The SMILES string of the molecule is Cc1cccc2c1CCN2C(=O)C(=O)NCC(CCO)CC(C)C. The molecule has 2 amide bonds. The van der Waals surface area contributed by atoms with Crippen LogP contribution in [0.2, 0.25) is 0 Å². The van der Waals surface area contributed by atoms with Crippen LogP contribution in [0.4, 0.5) is 5.69 Å². The zero-order valence-electron chi connectivity index (χ0n) is 14.8. The van der Waals surface area contributed by atoms with Gasteiger partial charge in [0.25, 0.3) is 0 Å². The smallest absolute Gasteiger partial charge is 0.316 e. The molecule has 0 radical (unpaired) electrons.